The predicted molar refractivity (Wildman–Crippen MR) is 65.7 cm³/mol. The van der Waals surface area contributed by atoms with Gasteiger partial charge in [0.25, 0.3) is 0 Å². The Morgan fingerprint density at radius 1 is 1.44 bits per heavy atom. The molecule has 0 saturated carbocycles. The molecule has 0 bridgehead atoms. The zero-order valence-electron chi connectivity index (χ0n) is 10.2. The molecule has 3 nitrogen and oxygen atoms in total. The van der Waals surface area contributed by atoms with Crippen LogP contribution in [0.5, 0.6) is 0 Å². The minimum atomic E-state index is 0.687. The van der Waals surface area contributed by atoms with Gasteiger partial charge < -0.3 is 9.64 Å². The smallest absolute Gasteiger partial charge is 0.101 e. The zero-order valence-corrected chi connectivity index (χ0v) is 10.2. The number of hydrogen-bond acceptors (Lipinski definition) is 3. The quantitative estimate of drug-likeness (QED) is 0.712. The molecule has 86 valence electrons. The number of para-hydroxylation sites is 1. The summed E-state index contributed by atoms with van der Waals surface area (Å²) in [4.78, 5) is 2.07. The summed E-state index contributed by atoms with van der Waals surface area (Å²) in [6, 6.07) is 8.00. The highest BCUT2D eigenvalue weighted by atomic mass is 16.5. The Kier molecular flexibility index (Phi) is 4.81. The van der Waals surface area contributed by atoms with E-state index in [4.69, 9.17) is 10.00 Å². The molecule has 0 aliphatic rings. The van der Waals surface area contributed by atoms with Crippen LogP contribution in [0.25, 0.3) is 0 Å². The molecule has 0 atom stereocenters. The van der Waals surface area contributed by atoms with Crippen LogP contribution in [0.15, 0.2) is 18.2 Å². The van der Waals surface area contributed by atoms with Gasteiger partial charge in [0.05, 0.1) is 17.9 Å². The van der Waals surface area contributed by atoms with Crippen LogP contribution in [0.3, 0.4) is 0 Å². The SMILES string of the molecule is CCOCCN(C)c1c(C)cccc1C#N. The number of hydrogen-bond donors (Lipinski definition) is 0. The van der Waals surface area contributed by atoms with Crippen LogP contribution in [-0.4, -0.2) is 26.8 Å². The van der Waals surface area contributed by atoms with Crippen molar-refractivity contribution in [3.8, 4) is 6.07 Å². The molecule has 1 aromatic rings. The van der Waals surface area contributed by atoms with Crippen molar-refractivity contribution in [1.82, 2.24) is 0 Å². The first kappa shape index (κ1) is 12.5. The molecule has 1 aromatic carbocycles. The van der Waals surface area contributed by atoms with Crippen molar-refractivity contribution in [3.05, 3.63) is 29.3 Å². The van der Waals surface area contributed by atoms with Gasteiger partial charge in [0.15, 0.2) is 0 Å². The topological polar surface area (TPSA) is 36.3 Å². The Labute approximate surface area is 97.3 Å². The molecule has 0 N–H and O–H groups in total. The van der Waals surface area contributed by atoms with Gasteiger partial charge in [0.1, 0.15) is 6.07 Å². The van der Waals surface area contributed by atoms with Crippen LogP contribution in [0, 0.1) is 18.3 Å². The number of rotatable bonds is 5. The van der Waals surface area contributed by atoms with Gasteiger partial charge in [-0.15, -0.1) is 0 Å². The molecule has 0 amide bonds. The summed E-state index contributed by atoms with van der Waals surface area (Å²) in [6.07, 6.45) is 0. The van der Waals surface area contributed by atoms with Gasteiger partial charge in [-0.2, -0.15) is 5.26 Å². The Bertz CT molecular complexity index is 382. The van der Waals surface area contributed by atoms with Crippen molar-refractivity contribution in [2.24, 2.45) is 0 Å². The molecule has 0 unspecified atom stereocenters. The van der Waals surface area contributed by atoms with E-state index in [2.05, 4.69) is 11.0 Å². The summed E-state index contributed by atoms with van der Waals surface area (Å²) in [7, 11) is 1.99. The van der Waals surface area contributed by atoms with Gasteiger partial charge in [-0.1, -0.05) is 12.1 Å². The third-order valence-corrected chi connectivity index (χ3v) is 2.52. The number of nitrogens with zero attached hydrogens (tertiary/aromatic N) is 2. The van der Waals surface area contributed by atoms with Gasteiger partial charge in [0.2, 0.25) is 0 Å². The maximum atomic E-state index is 9.06. The van der Waals surface area contributed by atoms with Crippen LogP contribution in [0.2, 0.25) is 0 Å². The molecule has 0 aromatic heterocycles. The van der Waals surface area contributed by atoms with E-state index in [1.54, 1.807) is 0 Å². The fraction of sp³-hybridized carbons (Fsp3) is 0.462. The third kappa shape index (κ3) is 2.98. The van der Waals surface area contributed by atoms with Crippen molar-refractivity contribution in [3.63, 3.8) is 0 Å². The van der Waals surface area contributed by atoms with Gasteiger partial charge in [0, 0.05) is 20.2 Å². The normalized spacial score (nSPS) is 9.88. The Morgan fingerprint density at radius 2 is 2.19 bits per heavy atom. The van der Waals surface area contributed by atoms with E-state index in [0.29, 0.717) is 6.61 Å². The van der Waals surface area contributed by atoms with Crippen molar-refractivity contribution >= 4 is 5.69 Å². The first-order valence-corrected chi connectivity index (χ1v) is 5.49. The van der Waals surface area contributed by atoms with Crippen molar-refractivity contribution in [2.75, 3.05) is 31.7 Å². The van der Waals surface area contributed by atoms with Crippen LogP contribution in [0.4, 0.5) is 5.69 Å². The number of likely N-dealkylation sites (N-methyl/N-ethyl adjacent to an activating group) is 1. The van der Waals surface area contributed by atoms with E-state index in [-0.39, 0.29) is 0 Å². The van der Waals surface area contributed by atoms with Crippen LogP contribution in [0.1, 0.15) is 18.1 Å². The van der Waals surface area contributed by atoms with E-state index in [9.17, 15) is 0 Å². The lowest BCUT2D eigenvalue weighted by Gasteiger charge is -2.22. The second kappa shape index (κ2) is 6.14. The second-order valence-corrected chi connectivity index (χ2v) is 3.70. The molecule has 0 aliphatic carbocycles. The molecule has 0 fully saturated rings. The number of ether oxygens (including phenoxy) is 1. The predicted octanol–water partition coefficient (Wildman–Crippen LogP) is 2.34. The molecule has 0 spiro atoms. The fourth-order valence-corrected chi connectivity index (χ4v) is 1.71. The Balaban J connectivity index is 2.82. The minimum absolute atomic E-state index is 0.687. The zero-order chi connectivity index (χ0) is 12.0. The lowest BCUT2D eigenvalue weighted by molar-refractivity contribution is 0.154. The number of anilines is 1. The van der Waals surface area contributed by atoms with Crippen LogP contribution < -0.4 is 4.90 Å². The van der Waals surface area contributed by atoms with Crippen LogP contribution in [-0.2, 0) is 4.74 Å². The average molecular weight is 218 g/mol. The van der Waals surface area contributed by atoms with Gasteiger partial charge >= 0.3 is 0 Å². The Hall–Kier alpha value is -1.53. The molecule has 0 saturated heterocycles. The first-order chi connectivity index (χ1) is 7.70. The largest absolute Gasteiger partial charge is 0.380 e. The van der Waals surface area contributed by atoms with Crippen molar-refractivity contribution in [1.29, 1.82) is 5.26 Å². The molecule has 1 rings (SSSR count). The van der Waals surface area contributed by atoms with E-state index in [1.165, 1.54) is 0 Å². The second-order valence-electron chi connectivity index (χ2n) is 3.70. The molecule has 16 heavy (non-hydrogen) atoms. The minimum Gasteiger partial charge on any atom is -0.380 e. The maximum Gasteiger partial charge on any atom is 0.101 e. The summed E-state index contributed by atoms with van der Waals surface area (Å²) >= 11 is 0. The summed E-state index contributed by atoms with van der Waals surface area (Å²) in [6.45, 7) is 6.22. The van der Waals surface area contributed by atoms with Crippen LogP contribution >= 0.6 is 0 Å². The summed E-state index contributed by atoms with van der Waals surface area (Å²) in [5.74, 6) is 0. The number of nitriles is 1. The molecular weight excluding hydrogens is 200 g/mol. The lowest BCUT2D eigenvalue weighted by atomic mass is 10.1. The monoisotopic (exact) mass is 218 g/mol. The summed E-state index contributed by atoms with van der Waals surface area (Å²) in [5.41, 5.74) is 2.85. The molecular formula is C13H18N2O. The molecule has 0 heterocycles. The van der Waals surface area contributed by atoms with E-state index in [0.717, 1.165) is 30.0 Å². The summed E-state index contributed by atoms with van der Waals surface area (Å²) in [5, 5.41) is 9.06. The van der Waals surface area contributed by atoms with E-state index < -0.39 is 0 Å². The number of aryl methyl sites for hydroxylation is 1. The lowest BCUT2D eigenvalue weighted by Crippen LogP contribution is -2.24. The third-order valence-electron chi connectivity index (χ3n) is 2.52. The van der Waals surface area contributed by atoms with E-state index >= 15 is 0 Å². The highest BCUT2D eigenvalue weighted by Crippen LogP contribution is 2.23. The van der Waals surface area contributed by atoms with Gasteiger partial charge in [-0.05, 0) is 25.5 Å². The highest BCUT2D eigenvalue weighted by molar-refractivity contribution is 5.63. The molecule has 0 radical (unpaired) electrons. The highest BCUT2D eigenvalue weighted by Gasteiger charge is 2.09. The first-order valence-electron chi connectivity index (χ1n) is 5.49. The fourth-order valence-electron chi connectivity index (χ4n) is 1.71. The standard InChI is InChI=1S/C13H18N2O/c1-4-16-9-8-15(3)13-11(2)6-5-7-12(13)10-14/h5-7H,4,8-9H2,1-3H3. The maximum absolute atomic E-state index is 9.06. The van der Waals surface area contributed by atoms with Crippen molar-refractivity contribution in [2.45, 2.75) is 13.8 Å². The average Bonchev–Trinajstić information content (AvgIpc) is 2.28. The van der Waals surface area contributed by atoms with Gasteiger partial charge in [-0.25, -0.2) is 0 Å². The molecule has 3 heteroatoms. The number of benzene rings is 1. The summed E-state index contributed by atoms with van der Waals surface area (Å²) < 4.78 is 5.31. The van der Waals surface area contributed by atoms with Crippen molar-refractivity contribution < 1.29 is 4.74 Å². The van der Waals surface area contributed by atoms with E-state index in [1.807, 2.05) is 39.1 Å². The van der Waals surface area contributed by atoms with Gasteiger partial charge in [-0.3, -0.25) is 0 Å². The Morgan fingerprint density at radius 3 is 2.81 bits per heavy atom. The molecule has 0 aliphatic heterocycles.